The van der Waals surface area contributed by atoms with Gasteiger partial charge in [-0.3, -0.25) is 0 Å². The third-order valence-electron chi connectivity index (χ3n) is 4.06. The Balaban J connectivity index is 1.45. The van der Waals surface area contributed by atoms with Crippen LogP contribution in [-0.2, 0) is 5.60 Å². The molecule has 1 aliphatic heterocycles. The van der Waals surface area contributed by atoms with Crippen LogP contribution in [0.1, 0.15) is 10.4 Å². The first-order chi connectivity index (χ1) is 12.6. The van der Waals surface area contributed by atoms with Gasteiger partial charge in [-0.15, -0.1) is 11.3 Å². The second-order valence-electron chi connectivity index (χ2n) is 5.73. The number of hydrogen-bond donors (Lipinski definition) is 3. The first-order valence-electron chi connectivity index (χ1n) is 7.89. The van der Waals surface area contributed by atoms with Gasteiger partial charge in [0, 0.05) is 22.2 Å². The maximum Gasteiger partial charge on any atom is 0.319 e. The third kappa shape index (κ3) is 3.12. The van der Waals surface area contributed by atoms with Crippen molar-refractivity contribution in [3.63, 3.8) is 0 Å². The molecule has 0 aliphatic carbocycles. The van der Waals surface area contributed by atoms with E-state index in [2.05, 4.69) is 10.6 Å². The van der Waals surface area contributed by atoms with Crippen molar-refractivity contribution in [2.24, 2.45) is 0 Å². The fraction of sp³-hybridized carbons (Fsp3) is 0.167. The van der Waals surface area contributed by atoms with Crippen LogP contribution in [0, 0.1) is 0 Å². The molecule has 0 radical (unpaired) electrons. The molecular formula is C18H16N2O5S. The Hall–Kier alpha value is -2.97. The van der Waals surface area contributed by atoms with E-state index in [-0.39, 0.29) is 13.3 Å². The summed E-state index contributed by atoms with van der Waals surface area (Å²) in [4.78, 5) is 13.0. The van der Waals surface area contributed by atoms with Crippen molar-refractivity contribution in [3.8, 4) is 11.5 Å². The molecule has 0 spiro atoms. The molecule has 2 aromatic heterocycles. The number of urea groups is 1. The number of ether oxygens (including phenoxy) is 2. The van der Waals surface area contributed by atoms with Crippen LogP contribution in [0.25, 0.3) is 0 Å². The number of fused-ring (bicyclic) bond motifs is 1. The minimum absolute atomic E-state index is 0.0105. The molecule has 0 bridgehead atoms. The Morgan fingerprint density at radius 3 is 2.88 bits per heavy atom. The molecule has 26 heavy (non-hydrogen) atoms. The number of thiophene rings is 1. The summed E-state index contributed by atoms with van der Waals surface area (Å²) in [6, 6.07) is 10.0. The van der Waals surface area contributed by atoms with Crippen molar-refractivity contribution in [1.82, 2.24) is 5.32 Å². The van der Waals surface area contributed by atoms with Crippen molar-refractivity contribution < 1.29 is 23.8 Å². The van der Waals surface area contributed by atoms with E-state index >= 15 is 0 Å². The second kappa shape index (κ2) is 6.74. The van der Waals surface area contributed by atoms with E-state index < -0.39 is 11.6 Å². The van der Waals surface area contributed by atoms with Gasteiger partial charge >= 0.3 is 6.03 Å². The minimum Gasteiger partial charge on any atom is -0.472 e. The predicted octanol–water partition coefficient (Wildman–Crippen LogP) is 3.13. The third-order valence-corrected chi connectivity index (χ3v) is 5.08. The summed E-state index contributed by atoms with van der Waals surface area (Å²) in [5.41, 5.74) is -0.231. The number of anilines is 1. The molecule has 1 atom stereocenters. The topological polar surface area (TPSA) is 93.0 Å². The molecule has 8 heteroatoms. The lowest BCUT2D eigenvalue weighted by Crippen LogP contribution is -2.42. The number of furan rings is 1. The first kappa shape index (κ1) is 16.5. The smallest absolute Gasteiger partial charge is 0.319 e. The molecule has 2 amide bonds. The van der Waals surface area contributed by atoms with Crippen LogP contribution < -0.4 is 20.1 Å². The van der Waals surface area contributed by atoms with Gasteiger partial charge in [0.15, 0.2) is 11.5 Å². The average Bonchev–Trinajstić information content (AvgIpc) is 3.41. The normalized spacial score (nSPS) is 14.7. The number of carbonyl (C=O) groups excluding carboxylic acids is 1. The minimum atomic E-state index is -1.37. The van der Waals surface area contributed by atoms with Gasteiger partial charge in [0.25, 0.3) is 0 Å². The fourth-order valence-corrected chi connectivity index (χ4v) is 3.55. The largest absolute Gasteiger partial charge is 0.472 e. The summed E-state index contributed by atoms with van der Waals surface area (Å²) >= 11 is 1.40. The van der Waals surface area contributed by atoms with Crippen molar-refractivity contribution in [3.05, 3.63) is 64.7 Å². The van der Waals surface area contributed by atoms with E-state index in [1.807, 2.05) is 17.5 Å². The summed E-state index contributed by atoms with van der Waals surface area (Å²) in [7, 11) is 0. The lowest BCUT2D eigenvalue weighted by Gasteiger charge is -2.26. The van der Waals surface area contributed by atoms with E-state index in [9.17, 15) is 9.90 Å². The summed E-state index contributed by atoms with van der Waals surface area (Å²) in [5, 5.41) is 18.4. The number of hydrogen-bond acceptors (Lipinski definition) is 6. The SMILES string of the molecule is O=C(NC[C@@](O)(c1ccoc1)c1cccs1)Nc1ccc2c(c1)OCO2. The number of rotatable bonds is 5. The zero-order valence-electron chi connectivity index (χ0n) is 13.6. The van der Waals surface area contributed by atoms with E-state index in [1.54, 1.807) is 24.3 Å². The number of aliphatic hydroxyl groups is 1. The molecule has 0 unspecified atom stereocenters. The van der Waals surface area contributed by atoms with Gasteiger partial charge < -0.3 is 29.6 Å². The molecule has 0 saturated heterocycles. The number of amides is 2. The van der Waals surface area contributed by atoms with E-state index in [4.69, 9.17) is 13.9 Å². The monoisotopic (exact) mass is 372 g/mol. The van der Waals surface area contributed by atoms with Gasteiger partial charge in [0.2, 0.25) is 6.79 Å². The summed E-state index contributed by atoms with van der Waals surface area (Å²) in [6.45, 7) is 0.160. The van der Waals surface area contributed by atoms with Gasteiger partial charge in [-0.2, -0.15) is 0 Å². The quantitative estimate of drug-likeness (QED) is 0.640. The highest BCUT2D eigenvalue weighted by molar-refractivity contribution is 7.10. The molecule has 4 rings (SSSR count). The molecule has 1 aromatic carbocycles. The summed E-state index contributed by atoms with van der Waals surface area (Å²) < 4.78 is 15.6. The van der Waals surface area contributed by atoms with Crippen molar-refractivity contribution >= 4 is 23.1 Å². The average molecular weight is 372 g/mol. The molecule has 3 aromatic rings. The van der Waals surface area contributed by atoms with Gasteiger partial charge in [0.1, 0.15) is 5.60 Å². The van der Waals surface area contributed by atoms with Gasteiger partial charge in [-0.05, 0) is 29.6 Å². The maximum atomic E-state index is 12.3. The van der Waals surface area contributed by atoms with Crippen molar-refractivity contribution in [2.45, 2.75) is 5.60 Å². The van der Waals surface area contributed by atoms with Crippen LogP contribution in [0.15, 0.2) is 58.7 Å². The Labute approximate surface area is 153 Å². The number of carbonyl (C=O) groups is 1. The molecule has 1 aliphatic rings. The lowest BCUT2D eigenvalue weighted by molar-refractivity contribution is 0.0859. The Bertz CT molecular complexity index is 858. The Kier molecular flexibility index (Phi) is 4.27. The zero-order chi connectivity index (χ0) is 18.0. The van der Waals surface area contributed by atoms with Crippen LogP contribution in [-0.4, -0.2) is 24.5 Å². The van der Waals surface area contributed by atoms with Gasteiger partial charge in [0.05, 0.1) is 19.1 Å². The van der Waals surface area contributed by atoms with Crippen molar-refractivity contribution in [2.75, 3.05) is 18.7 Å². The molecule has 7 nitrogen and oxygen atoms in total. The number of nitrogens with one attached hydrogen (secondary N) is 2. The lowest BCUT2D eigenvalue weighted by atomic mass is 9.94. The fourth-order valence-electron chi connectivity index (χ4n) is 2.70. The van der Waals surface area contributed by atoms with Crippen LogP contribution >= 0.6 is 11.3 Å². The zero-order valence-corrected chi connectivity index (χ0v) is 14.4. The van der Waals surface area contributed by atoms with Crippen LogP contribution in [0.5, 0.6) is 11.5 Å². The Morgan fingerprint density at radius 2 is 2.12 bits per heavy atom. The molecule has 3 heterocycles. The molecular weight excluding hydrogens is 356 g/mol. The highest BCUT2D eigenvalue weighted by Crippen LogP contribution is 2.34. The highest BCUT2D eigenvalue weighted by Gasteiger charge is 2.34. The molecule has 134 valence electrons. The summed E-state index contributed by atoms with van der Waals surface area (Å²) in [5.74, 6) is 1.22. The standard InChI is InChI=1S/C18H16N2O5S/c21-17(20-13-3-4-14-15(8-13)25-11-24-14)19-10-18(22,12-5-6-23-9-12)16-2-1-7-26-16/h1-9,22H,10-11H2,(H2,19,20,21)/t18-/m1/s1. The molecule has 0 saturated carbocycles. The summed E-state index contributed by atoms with van der Waals surface area (Å²) in [6.07, 6.45) is 2.96. The highest BCUT2D eigenvalue weighted by atomic mass is 32.1. The predicted molar refractivity (Wildman–Crippen MR) is 95.6 cm³/mol. The molecule has 0 fully saturated rings. The van der Waals surface area contributed by atoms with Gasteiger partial charge in [-0.1, -0.05) is 6.07 Å². The second-order valence-corrected chi connectivity index (χ2v) is 6.67. The van der Waals surface area contributed by atoms with Crippen LogP contribution in [0.4, 0.5) is 10.5 Å². The van der Waals surface area contributed by atoms with E-state index in [0.29, 0.717) is 27.6 Å². The van der Waals surface area contributed by atoms with Crippen LogP contribution in [0.3, 0.4) is 0 Å². The van der Waals surface area contributed by atoms with E-state index in [1.165, 1.54) is 23.9 Å². The van der Waals surface area contributed by atoms with Gasteiger partial charge in [-0.25, -0.2) is 4.79 Å². The van der Waals surface area contributed by atoms with Crippen LogP contribution in [0.2, 0.25) is 0 Å². The Morgan fingerprint density at radius 1 is 1.23 bits per heavy atom. The van der Waals surface area contributed by atoms with Crippen molar-refractivity contribution in [1.29, 1.82) is 0 Å². The van der Waals surface area contributed by atoms with E-state index in [0.717, 1.165) is 0 Å². The first-order valence-corrected chi connectivity index (χ1v) is 8.77. The maximum absolute atomic E-state index is 12.3. The molecule has 3 N–H and O–H groups in total. The number of benzene rings is 1.